The van der Waals surface area contributed by atoms with Crippen molar-refractivity contribution in [2.45, 2.75) is 0 Å². The van der Waals surface area contributed by atoms with E-state index < -0.39 is 0 Å². The molecule has 2 aromatic carbocycles. The first-order chi connectivity index (χ1) is 12.2. The van der Waals surface area contributed by atoms with Crippen LogP contribution in [0.5, 0.6) is 5.75 Å². The van der Waals surface area contributed by atoms with Crippen LogP contribution in [0.25, 0.3) is 0 Å². The molecule has 1 heterocycles. The predicted octanol–water partition coefficient (Wildman–Crippen LogP) is 4.50. The number of ether oxygens (including phenoxy) is 1. The van der Waals surface area contributed by atoms with Crippen molar-refractivity contribution < 1.29 is 4.74 Å². The van der Waals surface area contributed by atoms with Crippen LogP contribution in [0, 0.1) is 11.3 Å². The van der Waals surface area contributed by atoms with Gasteiger partial charge < -0.3 is 15.4 Å². The predicted molar refractivity (Wildman–Crippen MR) is 97.8 cm³/mol. The highest BCUT2D eigenvalue weighted by molar-refractivity contribution is 6.32. The van der Waals surface area contributed by atoms with E-state index in [0.29, 0.717) is 28.0 Å². The molecule has 0 fully saturated rings. The lowest BCUT2D eigenvalue weighted by Crippen LogP contribution is -1.99. The zero-order valence-corrected chi connectivity index (χ0v) is 14.1. The Labute approximate surface area is 150 Å². The maximum atomic E-state index is 8.96. The highest BCUT2D eigenvalue weighted by atomic mass is 35.5. The summed E-state index contributed by atoms with van der Waals surface area (Å²) >= 11 is 6.13. The van der Waals surface area contributed by atoms with Crippen LogP contribution in [0.3, 0.4) is 0 Å². The zero-order chi connectivity index (χ0) is 17.6. The molecule has 7 heteroatoms. The summed E-state index contributed by atoms with van der Waals surface area (Å²) in [5, 5.41) is 15.8. The van der Waals surface area contributed by atoms with Gasteiger partial charge in [-0.2, -0.15) is 5.26 Å². The summed E-state index contributed by atoms with van der Waals surface area (Å²) in [5.74, 6) is 1.82. The monoisotopic (exact) mass is 351 g/mol. The summed E-state index contributed by atoms with van der Waals surface area (Å²) in [6.45, 7) is 0. The Morgan fingerprint density at radius 1 is 1.00 bits per heavy atom. The van der Waals surface area contributed by atoms with Crippen molar-refractivity contribution >= 4 is 34.6 Å². The Hall–Kier alpha value is -3.30. The van der Waals surface area contributed by atoms with Gasteiger partial charge in [-0.05, 0) is 36.4 Å². The minimum absolute atomic E-state index is 0.508. The maximum Gasteiger partial charge on any atom is 0.137 e. The average molecular weight is 352 g/mol. The van der Waals surface area contributed by atoms with E-state index in [1.165, 1.54) is 6.33 Å². The van der Waals surface area contributed by atoms with E-state index in [4.69, 9.17) is 21.6 Å². The van der Waals surface area contributed by atoms with Gasteiger partial charge in [-0.15, -0.1) is 0 Å². The fourth-order valence-corrected chi connectivity index (χ4v) is 2.46. The molecule has 2 N–H and O–H groups in total. The van der Waals surface area contributed by atoms with Crippen LogP contribution in [0.15, 0.2) is 54.9 Å². The van der Waals surface area contributed by atoms with Gasteiger partial charge in [0, 0.05) is 17.4 Å². The number of nitrogens with zero attached hydrogens (tertiary/aromatic N) is 3. The summed E-state index contributed by atoms with van der Waals surface area (Å²) in [6.07, 6.45) is 1.45. The van der Waals surface area contributed by atoms with E-state index in [1.807, 2.05) is 12.1 Å². The van der Waals surface area contributed by atoms with Crippen molar-refractivity contribution in [3.63, 3.8) is 0 Å². The minimum atomic E-state index is 0.508. The number of rotatable bonds is 5. The number of benzene rings is 2. The second-order valence-corrected chi connectivity index (χ2v) is 5.49. The Balaban J connectivity index is 1.77. The Kier molecular flexibility index (Phi) is 4.97. The van der Waals surface area contributed by atoms with Crippen molar-refractivity contribution in [2.75, 3.05) is 17.7 Å². The number of hydrogen-bond donors (Lipinski definition) is 2. The van der Waals surface area contributed by atoms with Crippen molar-refractivity contribution in [3.05, 3.63) is 65.4 Å². The molecule has 25 heavy (non-hydrogen) atoms. The van der Waals surface area contributed by atoms with Crippen LogP contribution in [-0.2, 0) is 0 Å². The highest BCUT2D eigenvalue weighted by Gasteiger charge is 2.04. The van der Waals surface area contributed by atoms with Crippen LogP contribution in [0.2, 0.25) is 5.02 Å². The first-order valence-electron chi connectivity index (χ1n) is 7.38. The van der Waals surface area contributed by atoms with Crippen molar-refractivity contribution in [2.24, 2.45) is 0 Å². The normalized spacial score (nSPS) is 9.96. The van der Waals surface area contributed by atoms with Crippen molar-refractivity contribution in [3.8, 4) is 11.8 Å². The number of aromatic nitrogens is 2. The molecule has 0 atom stereocenters. The van der Waals surface area contributed by atoms with Crippen LogP contribution in [0.4, 0.5) is 23.0 Å². The Morgan fingerprint density at radius 3 is 2.36 bits per heavy atom. The average Bonchev–Trinajstić information content (AvgIpc) is 2.62. The molecule has 3 rings (SSSR count). The summed E-state index contributed by atoms with van der Waals surface area (Å²) in [4.78, 5) is 8.38. The number of nitriles is 1. The quantitative estimate of drug-likeness (QED) is 0.704. The van der Waals surface area contributed by atoms with Crippen LogP contribution >= 0.6 is 11.6 Å². The lowest BCUT2D eigenvalue weighted by molar-refractivity contribution is 0.415. The lowest BCUT2D eigenvalue weighted by Gasteiger charge is -2.10. The second-order valence-electron chi connectivity index (χ2n) is 5.08. The molecular formula is C18H14ClN5O. The molecule has 0 saturated heterocycles. The molecule has 1 aromatic heterocycles. The Morgan fingerprint density at radius 2 is 1.72 bits per heavy atom. The van der Waals surface area contributed by atoms with E-state index in [2.05, 4.69) is 26.7 Å². The largest absolute Gasteiger partial charge is 0.495 e. The molecule has 0 bridgehead atoms. The van der Waals surface area contributed by atoms with Crippen LogP contribution in [0.1, 0.15) is 5.56 Å². The van der Waals surface area contributed by atoms with E-state index in [1.54, 1.807) is 43.5 Å². The summed E-state index contributed by atoms with van der Waals surface area (Å²) in [6, 6.07) is 16.4. The molecule has 0 unspecified atom stereocenters. The smallest absolute Gasteiger partial charge is 0.137 e. The summed E-state index contributed by atoms with van der Waals surface area (Å²) in [5.41, 5.74) is 2.13. The van der Waals surface area contributed by atoms with Gasteiger partial charge in [-0.3, -0.25) is 0 Å². The lowest BCUT2D eigenvalue weighted by atomic mass is 10.2. The van der Waals surface area contributed by atoms with Crippen molar-refractivity contribution in [1.29, 1.82) is 5.26 Å². The Bertz CT molecular complexity index is 939. The van der Waals surface area contributed by atoms with Gasteiger partial charge in [-0.1, -0.05) is 17.7 Å². The summed E-state index contributed by atoms with van der Waals surface area (Å²) in [7, 11) is 1.57. The van der Waals surface area contributed by atoms with Gasteiger partial charge in [0.1, 0.15) is 23.7 Å². The molecule has 0 aliphatic carbocycles. The van der Waals surface area contributed by atoms with E-state index in [9.17, 15) is 0 Å². The molecule has 3 aromatic rings. The fraction of sp³-hybridized carbons (Fsp3) is 0.0556. The SMILES string of the molecule is COc1ccc(Nc2cc(Nc3cccc(C#N)c3)ncn2)cc1Cl. The number of halogens is 1. The summed E-state index contributed by atoms with van der Waals surface area (Å²) < 4.78 is 5.14. The van der Waals surface area contributed by atoms with Gasteiger partial charge in [0.25, 0.3) is 0 Å². The molecule has 0 saturated carbocycles. The van der Waals surface area contributed by atoms with Gasteiger partial charge in [0.15, 0.2) is 0 Å². The topological polar surface area (TPSA) is 82.9 Å². The number of methoxy groups -OCH3 is 1. The van der Waals surface area contributed by atoms with E-state index >= 15 is 0 Å². The van der Waals surface area contributed by atoms with Gasteiger partial charge >= 0.3 is 0 Å². The minimum Gasteiger partial charge on any atom is -0.495 e. The molecule has 6 nitrogen and oxygen atoms in total. The van der Waals surface area contributed by atoms with Gasteiger partial charge in [-0.25, -0.2) is 9.97 Å². The highest BCUT2D eigenvalue weighted by Crippen LogP contribution is 2.28. The molecule has 0 aliphatic rings. The number of nitrogens with one attached hydrogen (secondary N) is 2. The zero-order valence-electron chi connectivity index (χ0n) is 13.3. The molecular weight excluding hydrogens is 338 g/mol. The van der Waals surface area contributed by atoms with Gasteiger partial charge in [0.05, 0.1) is 23.8 Å². The number of anilines is 4. The van der Waals surface area contributed by atoms with Crippen LogP contribution < -0.4 is 15.4 Å². The number of hydrogen-bond acceptors (Lipinski definition) is 6. The third-order valence-electron chi connectivity index (χ3n) is 3.36. The first kappa shape index (κ1) is 16.6. The molecule has 0 radical (unpaired) electrons. The van der Waals surface area contributed by atoms with Crippen molar-refractivity contribution in [1.82, 2.24) is 9.97 Å². The third kappa shape index (κ3) is 4.16. The van der Waals surface area contributed by atoms with Crippen LogP contribution in [-0.4, -0.2) is 17.1 Å². The molecule has 124 valence electrons. The first-order valence-corrected chi connectivity index (χ1v) is 7.75. The standard InChI is InChI=1S/C18H14ClN5O/c1-25-16-6-5-14(8-15(16)19)24-18-9-17(21-11-22-18)23-13-4-2-3-12(7-13)10-20/h2-9,11H,1H3,(H2,21,22,23,24). The van der Waals surface area contributed by atoms with E-state index in [0.717, 1.165) is 11.4 Å². The van der Waals surface area contributed by atoms with Gasteiger partial charge in [0.2, 0.25) is 0 Å². The third-order valence-corrected chi connectivity index (χ3v) is 3.65. The molecule has 0 amide bonds. The maximum absolute atomic E-state index is 8.96. The molecule has 0 aliphatic heterocycles. The second kappa shape index (κ2) is 7.51. The fourth-order valence-electron chi connectivity index (χ4n) is 2.20. The van der Waals surface area contributed by atoms with E-state index in [-0.39, 0.29) is 0 Å². The molecule has 0 spiro atoms.